The number of benzene rings is 1. The van der Waals surface area contributed by atoms with Crippen molar-refractivity contribution in [3.05, 3.63) is 35.3 Å². The Labute approximate surface area is 114 Å². The number of nitrogens with one attached hydrogen (secondary N) is 1. The molecular formula is C14H14FNO4. The number of aryl methyl sites for hydroxylation is 1. The molecule has 1 N–H and O–H groups in total. The Bertz CT molecular complexity index is 677. The maximum Gasteiger partial charge on any atom is 0.328 e. The van der Waals surface area contributed by atoms with Crippen molar-refractivity contribution >= 4 is 22.8 Å². The van der Waals surface area contributed by atoms with Gasteiger partial charge < -0.3 is 14.5 Å². The summed E-state index contributed by atoms with van der Waals surface area (Å²) in [6.45, 7) is 3.14. The summed E-state index contributed by atoms with van der Waals surface area (Å²) in [5.74, 6) is -1.71. The third-order valence-corrected chi connectivity index (χ3v) is 3.02. The molecule has 0 spiro atoms. The maximum absolute atomic E-state index is 13.6. The summed E-state index contributed by atoms with van der Waals surface area (Å²) in [7, 11) is 1.23. The second-order valence-electron chi connectivity index (χ2n) is 4.39. The number of amides is 1. The van der Waals surface area contributed by atoms with Crippen molar-refractivity contribution in [1.82, 2.24) is 5.32 Å². The van der Waals surface area contributed by atoms with Crippen LogP contribution in [-0.4, -0.2) is 25.0 Å². The molecule has 0 radical (unpaired) electrons. The van der Waals surface area contributed by atoms with Crippen LogP contribution in [-0.2, 0) is 9.53 Å². The zero-order valence-electron chi connectivity index (χ0n) is 11.3. The summed E-state index contributed by atoms with van der Waals surface area (Å²) >= 11 is 0. The van der Waals surface area contributed by atoms with Crippen LogP contribution in [0, 0.1) is 12.7 Å². The van der Waals surface area contributed by atoms with Gasteiger partial charge in [-0.1, -0.05) is 12.1 Å². The van der Waals surface area contributed by atoms with Crippen molar-refractivity contribution < 1.29 is 23.1 Å². The molecule has 0 aliphatic carbocycles. The summed E-state index contributed by atoms with van der Waals surface area (Å²) in [6, 6.07) is 3.64. The molecule has 0 aliphatic heterocycles. The van der Waals surface area contributed by atoms with Crippen LogP contribution in [0.15, 0.2) is 22.6 Å². The monoisotopic (exact) mass is 279 g/mol. The average Bonchev–Trinajstić information content (AvgIpc) is 2.77. The van der Waals surface area contributed by atoms with Crippen LogP contribution in [0.1, 0.15) is 23.0 Å². The number of para-hydroxylation sites is 1. The zero-order valence-corrected chi connectivity index (χ0v) is 11.3. The number of carbonyl (C=O) groups excluding carboxylic acids is 2. The molecule has 1 amide bonds. The van der Waals surface area contributed by atoms with E-state index in [9.17, 15) is 14.0 Å². The van der Waals surface area contributed by atoms with E-state index < -0.39 is 23.7 Å². The van der Waals surface area contributed by atoms with E-state index in [1.165, 1.54) is 20.1 Å². The lowest BCUT2D eigenvalue weighted by Crippen LogP contribution is -2.39. The number of rotatable bonds is 3. The molecule has 1 unspecified atom stereocenters. The van der Waals surface area contributed by atoms with E-state index in [0.29, 0.717) is 10.9 Å². The smallest absolute Gasteiger partial charge is 0.328 e. The van der Waals surface area contributed by atoms with Crippen LogP contribution in [0.2, 0.25) is 0 Å². The third kappa shape index (κ3) is 2.36. The number of carbonyl (C=O) groups is 2. The van der Waals surface area contributed by atoms with E-state index in [1.54, 1.807) is 19.1 Å². The van der Waals surface area contributed by atoms with Gasteiger partial charge in [-0.3, -0.25) is 4.79 Å². The molecular weight excluding hydrogens is 265 g/mol. The lowest BCUT2D eigenvalue weighted by molar-refractivity contribution is -0.142. The van der Waals surface area contributed by atoms with Gasteiger partial charge in [0.2, 0.25) is 0 Å². The van der Waals surface area contributed by atoms with E-state index in [4.69, 9.17) is 4.42 Å². The zero-order chi connectivity index (χ0) is 14.9. The number of halogens is 1. The van der Waals surface area contributed by atoms with Crippen molar-refractivity contribution in [2.45, 2.75) is 19.9 Å². The normalized spacial score (nSPS) is 12.2. The van der Waals surface area contributed by atoms with Gasteiger partial charge >= 0.3 is 5.97 Å². The Kier molecular flexibility index (Phi) is 3.74. The summed E-state index contributed by atoms with van der Waals surface area (Å²) in [6.07, 6.45) is 0. The average molecular weight is 279 g/mol. The highest BCUT2D eigenvalue weighted by Crippen LogP contribution is 2.27. The Morgan fingerprint density at radius 3 is 2.70 bits per heavy atom. The highest BCUT2D eigenvalue weighted by molar-refractivity contribution is 6.00. The molecule has 5 nitrogen and oxygen atoms in total. The number of esters is 1. The second-order valence-corrected chi connectivity index (χ2v) is 4.39. The summed E-state index contributed by atoms with van der Waals surface area (Å²) < 4.78 is 23.4. The van der Waals surface area contributed by atoms with Gasteiger partial charge in [-0.05, 0) is 19.9 Å². The van der Waals surface area contributed by atoms with Gasteiger partial charge in [0.1, 0.15) is 6.04 Å². The Balaban J connectivity index is 2.34. The Morgan fingerprint density at radius 1 is 1.40 bits per heavy atom. The molecule has 2 aromatic rings. The molecule has 2 rings (SSSR count). The summed E-state index contributed by atoms with van der Waals surface area (Å²) in [4.78, 5) is 23.3. The van der Waals surface area contributed by atoms with Crippen molar-refractivity contribution in [1.29, 1.82) is 0 Å². The predicted molar refractivity (Wildman–Crippen MR) is 69.9 cm³/mol. The van der Waals surface area contributed by atoms with Gasteiger partial charge in [0, 0.05) is 10.9 Å². The van der Waals surface area contributed by atoms with Crippen molar-refractivity contribution in [3.63, 3.8) is 0 Å². The fraction of sp³-hybridized carbons (Fsp3) is 0.286. The molecule has 6 heteroatoms. The minimum atomic E-state index is -0.815. The molecule has 1 aromatic heterocycles. The van der Waals surface area contributed by atoms with Gasteiger partial charge in [-0.2, -0.15) is 0 Å². The summed E-state index contributed by atoms with van der Waals surface area (Å²) in [5.41, 5.74) is 0.551. The SMILES string of the molecule is COC(=O)C(C)NC(=O)c1oc2c(F)cccc2c1C. The van der Waals surface area contributed by atoms with E-state index in [0.717, 1.165) is 0 Å². The predicted octanol–water partition coefficient (Wildman–Crippen LogP) is 2.17. The first-order chi connectivity index (χ1) is 9.45. The van der Waals surface area contributed by atoms with Crippen LogP contribution in [0.4, 0.5) is 4.39 Å². The molecule has 106 valence electrons. The van der Waals surface area contributed by atoms with Gasteiger partial charge in [0.05, 0.1) is 7.11 Å². The van der Waals surface area contributed by atoms with Crippen molar-refractivity contribution in [3.8, 4) is 0 Å². The first-order valence-corrected chi connectivity index (χ1v) is 6.02. The summed E-state index contributed by atoms with van der Waals surface area (Å²) in [5, 5.41) is 2.97. The lowest BCUT2D eigenvalue weighted by Gasteiger charge is -2.10. The first kappa shape index (κ1) is 14.0. The Morgan fingerprint density at radius 2 is 2.10 bits per heavy atom. The molecule has 1 heterocycles. The van der Waals surface area contributed by atoms with Gasteiger partial charge in [0.25, 0.3) is 5.91 Å². The van der Waals surface area contributed by atoms with Crippen LogP contribution < -0.4 is 5.32 Å². The molecule has 0 saturated heterocycles. The standard InChI is InChI=1S/C14H14FNO4/c1-7-9-5-4-6-10(15)12(9)20-11(7)13(17)16-8(2)14(18)19-3/h4-6,8H,1-3H3,(H,16,17). The fourth-order valence-corrected chi connectivity index (χ4v) is 1.92. The molecule has 1 aromatic carbocycles. The highest BCUT2D eigenvalue weighted by atomic mass is 19.1. The topological polar surface area (TPSA) is 68.5 Å². The largest absolute Gasteiger partial charge is 0.467 e. The van der Waals surface area contributed by atoms with E-state index in [2.05, 4.69) is 10.1 Å². The molecule has 0 bridgehead atoms. The molecule has 0 saturated carbocycles. The van der Waals surface area contributed by atoms with Crippen LogP contribution in [0.5, 0.6) is 0 Å². The van der Waals surface area contributed by atoms with Crippen molar-refractivity contribution in [2.75, 3.05) is 7.11 Å². The van der Waals surface area contributed by atoms with E-state index in [-0.39, 0.29) is 11.3 Å². The Hall–Kier alpha value is -2.37. The van der Waals surface area contributed by atoms with Crippen molar-refractivity contribution in [2.24, 2.45) is 0 Å². The van der Waals surface area contributed by atoms with Gasteiger partial charge in [-0.25, -0.2) is 9.18 Å². The number of ether oxygens (including phenoxy) is 1. The molecule has 1 atom stereocenters. The number of furan rings is 1. The second kappa shape index (κ2) is 5.32. The lowest BCUT2D eigenvalue weighted by atomic mass is 10.1. The number of hydrogen-bond acceptors (Lipinski definition) is 4. The van der Waals surface area contributed by atoms with E-state index in [1.807, 2.05) is 0 Å². The molecule has 20 heavy (non-hydrogen) atoms. The van der Waals surface area contributed by atoms with Gasteiger partial charge in [0.15, 0.2) is 17.2 Å². The van der Waals surface area contributed by atoms with Crippen LogP contribution in [0.25, 0.3) is 11.0 Å². The van der Waals surface area contributed by atoms with E-state index >= 15 is 0 Å². The molecule has 0 fully saturated rings. The van der Waals surface area contributed by atoms with Crippen LogP contribution >= 0.6 is 0 Å². The number of hydrogen-bond donors (Lipinski definition) is 1. The molecule has 0 aliphatic rings. The minimum absolute atomic E-state index is 0.0131. The number of fused-ring (bicyclic) bond motifs is 1. The minimum Gasteiger partial charge on any atom is -0.467 e. The first-order valence-electron chi connectivity index (χ1n) is 6.02. The number of methoxy groups -OCH3 is 1. The highest BCUT2D eigenvalue weighted by Gasteiger charge is 2.23. The quantitative estimate of drug-likeness (QED) is 0.874. The maximum atomic E-state index is 13.6. The third-order valence-electron chi connectivity index (χ3n) is 3.02. The van der Waals surface area contributed by atoms with Gasteiger partial charge in [-0.15, -0.1) is 0 Å². The fourth-order valence-electron chi connectivity index (χ4n) is 1.92. The van der Waals surface area contributed by atoms with Crippen LogP contribution in [0.3, 0.4) is 0 Å².